The number of primary amides is 1. The van der Waals surface area contributed by atoms with Gasteiger partial charge < -0.3 is 25.7 Å². The molecule has 0 radical (unpaired) electrons. The van der Waals surface area contributed by atoms with Crippen molar-refractivity contribution in [3.63, 3.8) is 0 Å². The Bertz CT molecular complexity index is 671. The van der Waals surface area contributed by atoms with Gasteiger partial charge in [0.25, 0.3) is 0 Å². The second kappa shape index (κ2) is 7.54. The molecule has 0 aromatic carbocycles. The monoisotopic (exact) mass is 387 g/mol. The number of ether oxygens (including phenoxy) is 3. The average Bonchev–Trinajstić information content (AvgIpc) is 2.51. The quantitative estimate of drug-likeness (QED) is 0.378. The van der Waals surface area contributed by atoms with Gasteiger partial charge in [0.15, 0.2) is 0 Å². The number of nitrogens with two attached hydrogens (primary N) is 2. The van der Waals surface area contributed by atoms with Crippen LogP contribution < -0.4 is 11.5 Å². The van der Waals surface area contributed by atoms with Gasteiger partial charge in [-0.25, -0.2) is 9.59 Å². The SMILES string of the molecule is CC(C)(C)C(=O)OCOC(=O)C1=C(COC(N)=O)C(N)S[C@@H]2CC(=O)N12. The van der Waals surface area contributed by atoms with Gasteiger partial charge in [0, 0.05) is 5.57 Å². The summed E-state index contributed by atoms with van der Waals surface area (Å²) in [6.07, 6.45) is -0.809. The summed E-state index contributed by atoms with van der Waals surface area (Å²) in [4.78, 5) is 48.2. The molecule has 0 spiro atoms. The van der Waals surface area contributed by atoms with Crippen LogP contribution in [0.3, 0.4) is 0 Å². The Hall–Kier alpha value is -2.27. The molecule has 0 aromatic heterocycles. The van der Waals surface area contributed by atoms with E-state index in [1.165, 1.54) is 16.7 Å². The van der Waals surface area contributed by atoms with Crippen molar-refractivity contribution in [2.75, 3.05) is 13.4 Å². The van der Waals surface area contributed by atoms with Gasteiger partial charge in [-0.05, 0) is 20.8 Å². The molecular weight excluding hydrogens is 366 g/mol. The third-order valence-electron chi connectivity index (χ3n) is 3.65. The van der Waals surface area contributed by atoms with Crippen molar-refractivity contribution in [3.05, 3.63) is 11.3 Å². The van der Waals surface area contributed by atoms with E-state index in [9.17, 15) is 19.2 Å². The molecule has 0 bridgehead atoms. The van der Waals surface area contributed by atoms with Gasteiger partial charge in [-0.3, -0.25) is 14.5 Å². The minimum Gasteiger partial charge on any atom is -0.445 e. The van der Waals surface area contributed by atoms with Gasteiger partial charge >= 0.3 is 18.0 Å². The predicted octanol–water partition coefficient (Wildman–Crippen LogP) is 0.0158. The first-order valence-corrected chi connectivity index (χ1v) is 8.69. The highest BCUT2D eigenvalue weighted by Crippen LogP contribution is 2.42. The minimum absolute atomic E-state index is 0.106. The molecule has 1 saturated heterocycles. The lowest BCUT2D eigenvalue weighted by Gasteiger charge is -2.46. The maximum Gasteiger partial charge on any atom is 0.404 e. The minimum atomic E-state index is -1.04. The summed E-state index contributed by atoms with van der Waals surface area (Å²) in [5.41, 5.74) is 10.3. The highest BCUT2D eigenvalue weighted by atomic mass is 32.2. The number of esters is 2. The van der Waals surface area contributed by atoms with Crippen LogP contribution in [0.15, 0.2) is 11.3 Å². The Morgan fingerprint density at radius 2 is 1.88 bits per heavy atom. The van der Waals surface area contributed by atoms with E-state index in [4.69, 9.17) is 25.7 Å². The van der Waals surface area contributed by atoms with E-state index in [1.807, 2.05) is 0 Å². The molecular formula is C15H21N3O7S. The summed E-state index contributed by atoms with van der Waals surface area (Å²) < 4.78 is 14.6. The fraction of sp³-hybridized carbons (Fsp3) is 0.600. The van der Waals surface area contributed by atoms with E-state index >= 15 is 0 Å². The van der Waals surface area contributed by atoms with E-state index < -0.39 is 35.6 Å². The summed E-state index contributed by atoms with van der Waals surface area (Å²) >= 11 is 1.25. The van der Waals surface area contributed by atoms with Crippen molar-refractivity contribution in [2.24, 2.45) is 16.9 Å². The number of β-lactam (4-membered cyclic amide) rings is 1. The molecule has 2 heterocycles. The van der Waals surface area contributed by atoms with E-state index in [2.05, 4.69) is 0 Å². The zero-order valence-electron chi connectivity index (χ0n) is 14.6. The number of nitrogens with zero attached hydrogens (tertiary/aromatic N) is 1. The highest BCUT2D eigenvalue weighted by Gasteiger charge is 2.48. The number of thioether (sulfide) groups is 1. The summed E-state index contributed by atoms with van der Waals surface area (Å²) in [5, 5.41) is -0.974. The van der Waals surface area contributed by atoms with E-state index in [-0.39, 0.29) is 35.6 Å². The van der Waals surface area contributed by atoms with E-state index in [0.29, 0.717) is 0 Å². The van der Waals surface area contributed by atoms with Crippen LogP contribution in [0.4, 0.5) is 4.79 Å². The van der Waals surface area contributed by atoms with Gasteiger partial charge in [-0.15, -0.1) is 11.8 Å². The zero-order chi connectivity index (χ0) is 19.6. The third kappa shape index (κ3) is 4.28. The van der Waals surface area contributed by atoms with Crippen LogP contribution in [-0.2, 0) is 28.6 Å². The first-order chi connectivity index (χ1) is 12.0. The maximum atomic E-state index is 12.5. The number of fused-ring (bicyclic) bond motifs is 1. The number of rotatable bonds is 5. The zero-order valence-corrected chi connectivity index (χ0v) is 15.5. The van der Waals surface area contributed by atoms with Crippen LogP contribution in [0.5, 0.6) is 0 Å². The smallest absolute Gasteiger partial charge is 0.404 e. The Morgan fingerprint density at radius 3 is 2.42 bits per heavy atom. The van der Waals surface area contributed by atoms with Crippen molar-refractivity contribution in [2.45, 2.75) is 37.9 Å². The van der Waals surface area contributed by atoms with Crippen molar-refractivity contribution < 1.29 is 33.4 Å². The molecule has 26 heavy (non-hydrogen) atoms. The number of amides is 2. The molecule has 11 heteroatoms. The summed E-state index contributed by atoms with van der Waals surface area (Å²) in [7, 11) is 0. The maximum absolute atomic E-state index is 12.5. The molecule has 0 aromatic rings. The molecule has 1 fully saturated rings. The average molecular weight is 387 g/mol. The molecule has 144 valence electrons. The molecule has 4 N–H and O–H groups in total. The number of carbonyl (C=O) groups excluding carboxylic acids is 4. The molecule has 2 aliphatic heterocycles. The predicted molar refractivity (Wildman–Crippen MR) is 89.9 cm³/mol. The lowest BCUT2D eigenvalue weighted by atomic mass is 9.98. The fourth-order valence-electron chi connectivity index (χ4n) is 2.26. The third-order valence-corrected chi connectivity index (χ3v) is 4.92. The molecule has 2 atom stereocenters. The van der Waals surface area contributed by atoms with Crippen LogP contribution in [0.25, 0.3) is 0 Å². The molecule has 2 rings (SSSR count). The first kappa shape index (κ1) is 20.0. The molecule has 2 amide bonds. The Kier molecular flexibility index (Phi) is 5.81. The highest BCUT2D eigenvalue weighted by molar-refractivity contribution is 8.00. The second-order valence-corrected chi connectivity index (χ2v) is 8.02. The van der Waals surface area contributed by atoms with Crippen molar-refractivity contribution in [1.29, 1.82) is 0 Å². The standard InChI is InChI=1S/C15H21N3O7S/c1-15(2,3)13(21)25-6-24-12(20)10-7(5-23-14(17)22)11(16)26-9-4-8(19)18(9)10/h9,11H,4-6,16H2,1-3H3,(H2,17,22)/t9-,11?/m1/s1. The van der Waals surface area contributed by atoms with Crippen molar-refractivity contribution in [3.8, 4) is 0 Å². The number of hydrogen-bond acceptors (Lipinski definition) is 9. The molecule has 2 aliphatic rings. The number of hydrogen-bond donors (Lipinski definition) is 2. The summed E-state index contributed by atoms with van der Waals surface area (Å²) in [6.45, 7) is 3.99. The Morgan fingerprint density at radius 1 is 1.23 bits per heavy atom. The Labute approximate surface area is 154 Å². The molecule has 1 unspecified atom stereocenters. The summed E-state index contributed by atoms with van der Waals surface area (Å²) in [5.74, 6) is -1.74. The van der Waals surface area contributed by atoms with E-state index in [1.54, 1.807) is 20.8 Å². The Balaban J connectivity index is 2.14. The van der Waals surface area contributed by atoms with E-state index in [0.717, 1.165) is 0 Å². The van der Waals surface area contributed by atoms with Gasteiger partial charge in [-0.2, -0.15) is 0 Å². The van der Waals surface area contributed by atoms with Gasteiger partial charge in [0.2, 0.25) is 12.7 Å². The largest absolute Gasteiger partial charge is 0.445 e. The molecule has 0 aliphatic carbocycles. The van der Waals surface area contributed by atoms with Crippen molar-refractivity contribution in [1.82, 2.24) is 4.90 Å². The molecule has 10 nitrogen and oxygen atoms in total. The fourth-order valence-corrected chi connectivity index (χ4v) is 3.52. The topological polar surface area (TPSA) is 151 Å². The lowest BCUT2D eigenvalue weighted by Crippen LogP contribution is -2.57. The van der Waals surface area contributed by atoms with Crippen LogP contribution in [-0.4, -0.2) is 53.0 Å². The van der Waals surface area contributed by atoms with Crippen LogP contribution in [0.1, 0.15) is 27.2 Å². The summed E-state index contributed by atoms with van der Waals surface area (Å²) in [6, 6.07) is 0. The second-order valence-electron chi connectivity index (χ2n) is 6.69. The van der Waals surface area contributed by atoms with Crippen LogP contribution in [0, 0.1) is 5.41 Å². The number of carbonyl (C=O) groups is 4. The van der Waals surface area contributed by atoms with Gasteiger partial charge in [-0.1, -0.05) is 0 Å². The van der Waals surface area contributed by atoms with Crippen LogP contribution >= 0.6 is 11.8 Å². The van der Waals surface area contributed by atoms with Gasteiger partial charge in [0.05, 0.1) is 22.6 Å². The van der Waals surface area contributed by atoms with Crippen molar-refractivity contribution >= 4 is 35.7 Å². The normalized spacial score (nSPS) is 22.3. The first-order valence-electron chi connectivity index (χ1n) is 7.75. The molecule has 0 saturated carbocycles. The van der Waals surface area contributed by atoms with Gasteiger partial charge in [0.1, 0.15) is 12.3 Å². The lowest BCUT2D eigenvalue weighted by molar-refractivity contribution is -0.173. The van der Waals surface area contributed by atoms with Crippen LogP contribution in [0.2, 0.25) is 0 Å².